The van der Waals surface area contributed by atoms with Crippen LogP contribution in [0.4, 0.5) is 0 Å². The second-order valence-corrected chi connectivity index (χ2v) is 6.31. The van der Waals surface area contributed by atoms with Crippen molar-refractivity contribution < 1.29 is 9.36 Å². The number of hydrogen-bond donors (Lipinski definition) is 1. The van der Waals surface area contributed by atoms with Crippen LogP contribution in [-0.4, -0.2) is 11.6 Å². The highest BCUT2D eigenvalue weighted by Crippen LogP contribution is 2.33. The highest BCUT2D eigenvalue weighted by atomic mass is 16.2. The summed E-state index contributed by atoms with van der Waals surface area (Å²) in [5.74, 6) is -0.178. The molecule has 0 spiro atoms. The van der Waals surface area contributed by atoms with E-state index in [0.717, 1.165) is 18.6 Å². The van der Waals surface area contributed by atoms with Crippen LogP contribution in [0.25, 0.3) is 0 Å². The molecule has 1 aromatic heterocycles. The first kappa shape index (κ1) is 14.4. The summed E-state index contributed by atoms with van der Waals surface area (Å²) < 4.78 is 1.84. The lowest BCUT2D eigenvalue weighted by Crippen LogP contribution is -2.30. The highest BCUT2D eigenvalue weighted by Gasteiger charge is 2.24. The summed E-state index contributed by atoms with van der Waals surface area (Å²) in [5.41, 5.74) is 5.71. The Morgan fingerprint density at radius 2 is 2.15 bits per heavy atom. The van der Waals surface area contributed by atoms with Gasteiger partial charge in [-0.2, -0.15) is 5.10 Å². The molecule has 0 saturated heterocycles. The van der Waals surface area contributed by atoms with Crippen molar-refractivity contribution >= 4 is 11.6 Å². The van der Waals surface area contributed by atoms with Gasteiger partial charge in [0.25, 0.3) is 5.91 Å². The second kappa shape index (κ2) is 5.57. The monoisotopic (exact) mass is 272 g/mol. The number of carbonyl (C=O) groups is 1. The average molecular weight is 272 g/mol. The molecule has 0 saturated carbocycles. The fraction of sp³-hybridized carbons (Fsp3) is 0.438. The Hall–Kier alpha value is -1.97. The molecule has 0 radical (unpaired) electrons. The molecule has 2 rings (SSSR count). The molecule has 0 unspecified atom stereocenters. The van der Waals surface area contributed by atoms with Gasteiger partial charge in [-0.05, 0) is 37.3 Å². The van der Waals surface area contributed by atoms with Crippen molar-refractivity contribution in [2.24, 2.45) is 17.6 Å². The van der Waals surface area contributed by atoms with Crippen LogP contribution in [0.2, 0.25) is 0 Å². The molecule has 1 aliphatic carbocycles. The molecule has 0 atom stereocenters. The fourth-order valence-corrected chi connectivity index (χ4v) is 2.68. The first-order valence-corrected chi connectivity index (χ1v) is 6.85. The number of hydrazone groups is 1. The number of nitrogens with one attached hydrogen (secondary N) is 1. The number of amides is 1. The summed E-state index contributed by atoms with van der Waals surface area (Å²) in [6.45, 7) is 6.55. The molecule has 0 bridgehead atoms. The summed E-state index contributed by atoms with van der Waals surface area (Å²) in [6, 6.07) is 3.62. The molecule has 0 aromatic carbocycles. The molecule has 1 heterocycles. The van der Waals surface area contributed by atoms with Gasteiger partial charge in [-0.3, -0.25) is 4.79 Å². The first-order chi connectivity index (χ1) is 9.35. The smallest absolute Gasteiger partial charge is 0.267 e. The van der Waals surface area contributed by atoms with Crippen molar-refractivity contribution in [3.8, 4) is 0 Å². The Morgan fingerprint density at radius 3 is 2.80 bits per heavy atom. The van der Waals surface area contributed by atoms with Gasteiger partial charge in [0, 0.05) is 6.07 Å². The van der Waals surface area contributed by atoms with Gasteiger partial charge in [0.05, 0.1) is 5.71 Å². The number of aryl methyl sites for hydroxylation is 1. The molecule has 20 heavy (non-hydrogen) atoms. The molecular formula is C16H22N3O+. The van der Waals surface area contributed by atoms with Crippen molar-refractivity contribution in [1.29, 1.82) is 0 Å². The Labute approximate surface area is 120 Å². The Bertz CT molecular complexity index is 585. The van der Waals surface area contributed by atoms with Crippen molar-refractivity contribution in [3.63, 3.8) is 0 Å². The molecule has 0 aliphatic heterocycles. The van der Waals surface area contributed by atoms with Crippen LogP contribution in [0.5, 0.6) is 0 Å². The minimum absolute atomic E-state index is 0.178. The maximum atomic E-state index is 12.0. The normalized spacial score (nSPS) is 19.6. The zero-order chi connectivity index (χ0) is 14.8. The third-order valence-electron chi connectivity index (χ3n) is 3.33. The second-order valence-electron chi connectivity index (χ2n) is 6.31. The van der Waals surface area contributed by atoms with E-state index in [1.54, 1.807) is 12.3 Å². The van der Waals surface area contributed by atoms with Crippen molar-refractivity contribution in [2.75, 3.05) is 0 Å². The Kier molecular flexibility index (Phi) is 4.02. The predicted molar refractivity (Wildman–Crippen MR) is 79.3 cm³/mol. The van der Waals surface area contributed by atoms with E-state index in [-0.39, 0.29) is 11.3 Å². The van der Waals surface area contributed by atoms with E-state index < -0.39 is 0 Å². The van der Waals surface area contributed by atoms with E-state index in [0.29, 0.717) is 5.56 Å². The topological polar surface area (TPSA) is 45.3 Å². The molecule has 1 aliphatic rings. The predicted octanol–water partition coefficient (Wildman–Crippen LogP) is 2.36. The lowest BCUT2D eigenvalue weighted by Gasteiger charge is -2.29. The zero-order valence-electron chi connectivity index (χ0n) is 12.6. The third-order valence-corrected chi connectivity index (χ3v) is 3.33. The number of nitrogens with zero attached hydrogens (tertiary/aromatic N) is 2. The zero-order valence-corrected chi connectivity index (χ0v) is 12.6. The minimum Gasteiger partial charge on any atom is -0.267 e. The van der Waals surface area contributed by atoms with Crippen molar-refractivity contribution in [3.05, 3.63) is 41.7 Å². The van der Waals surface area contributed by atoms with E-state index >= 15 is 0 Å². The van der Waals surface area contributed by atoms with Gasteiger partial charge >= 0.3 is 0 Å². The number of allylic oxidation sites excluding steroid dienone is 2. The fourth-order valence-electron chi connectivity index (χ4n) is 2.68. The molecule has 1 aromatic rings. The van der Waals surface area contributed by atoms with E-state index in [1.165, 1.54) is 5.57 Å². The highest BCUT2D eigenvalue weighted by molar-refractivity contribution is 5.99. The summed E-state index contributed by atoms with van der Waals surface area (Å²) in [4.78, 5) is 12.0. The maximum absolute atomic E-state index is 12.0. The quantitative estimate of drug-likeness (QED) is 0.652. The average Bonchev–Trinajstić information content (AvgIpc) is 2.33. The Balaban J connectivity index is 2.09. The molecule has 4 heteroatoms. The molecule has 1 amide bonds. The van der Waals surface area contributed by atoms with Gasteiger partial charge in [0.1, 0.15) is 12.6 Å². The molecular weight excluding hydrogens is 250 g/mol. The molecule has 106 valence electrons. The summed E-state index contributed by atoms with van der Waals surface area (Å²) >= 11 is 0. The first-order valence-electron chi connectivity index (χ1n) is 6.85. The van der Waals surface area contributed by atoms with Crippen LogP contribution >= 0.6 is 0 Å². The van der Waals surface area contributed by atoms with E-state index in [1.807, 2.05) is 23.9 Å². The van der Waals surface area contributed by atoms with E-state index in [4.69, 9.17) is 0 Å². The number of rotatable bonds is 2. The number of hydrogen-bond acceptors (Lipinski definition) is 2. The van der Waals surface area contributed by atoms with Crippen molar-refractivity contribution in [2.45, 2.75) is 33.6 Å². The van der Waals surface area contributed by atoms with Crippen LogP contribution in [-0.2, 0) is 7.05 Å². The van der Waals surface area contributed by atoms with Crippen molar-refractivity contribution in [1.82, 2.24) is 5.43 Å². The minimum atomic E-state index is -0.178. The van der Waals surface area contributed by atoms with Crippen LogP contribution in [0.15, 0.2) is 41.3 Å². The van der Waals surface area contributed by atoms with Crippen LogP contribution in [0.3, 0.4) is 0 Å². The molecule has 4 nitrogen and oxygen atoms in total. The van der Waals surface area contributed by atoms with Crippen LogP contribution in [0.1, 0.15) is 44.0 Å². The van der Waals surface area contributed by atoms with Gasteiger partial charge in [0.2, 0.25) is 0 Å². The number of pyridine rings is 1. The summed E-state index contributed by atoms with van der Waals surface area (Å²) in [6.07, 6.45) is 7.69. The lowest BCUT2D eigenvalue weighted by atomic mass is 9.77. The third kappa shape index (κ3) is 3.76. The summed E-state index contributed by atoms with van der Waals surface area (Å²) in [7, 11) is 1.89. The van der Waals surface area contributed by atoms with Gasteiger partial charge in [-0.1, -0.05) is 19.4 Å². The van der Waals surface area contributed by atoms with Crippen LogP contribution < -0.4 is 9.99 Å². The SMILES string of the molecule is CC1=CC(=NNC(=O)c2ccc[n+](C)c2)CC(C)(C)C1. The van der Waals surface area contributed by atoms with Gasteiger partial charge < -0.3 is 0 Å². The van der Waals surface area contributed by atoms with E-state index in [9.17, 15) is 4.79 Å². The number of carbonyl (C=O) groups excluding carboxylic acids is 1. The molecule has 0 fully saturated rings. The maximum Gasteiger partial charge on any atom is 0.277 e. The Morgan fingerprint density at radius 1 is 1.40 bits per heavy atom. The van der Waals surface area contributed by atoms with Gasteiger partial charge in [-0.15, -0.1) is 0 Å². The van der Waals surface area contributed by atoms with Gasteiger partial charge in [0.15, 0.2) is 12.4 Å². The molecule has 1 N–H and O–H groups in total. The summed E-state index contributed by atoms with van der Waals surface area (Å²) in [5, 5.41) is 4.27. The standard InChI is InChI=1S/C16H21N3O/c1-12-8-14(10-16(2,3)9-12)17-18-15(20)13-6-5-7-19(4)11-13/h5-8,11H,9-10H2,1-4H3/p+1. The van der Waals surface area contributed by atoms with Crippen LogP contribution in [0, 0.1) is 5.41 Å². The number of aromatic nitrogens is 1. The van der Waals surface area contributed by atoms with E-state index in [2.05, 4.69) is 37.4 Å². The largest absolute Gasteiger partial charge is 0.277 e. The lowest BCUT2D eigenvalue weighted by molar-refractivity contribution is -0.671. The van der Waals surface area contributed by atoms with Gasteiger partial charge in [-0.25, -0.2) is 9.99 Å².